The number of hydrogen-bond donors (Lipinski definition) is 1. The predicted molar refractivity (Wildman–Crippen MR) is 117 cm³/mol. The van der Waals surface area contributed by atoms with Gasteiger partial charge < -0.3 is 15.1 Å². The number of amides is 2. The van der Waals surface area contributed by atoms with Crippen molar-refractivity contribution in [2.24, 2.45) is 5.92 Å². The van der Waals surface area contributed by atoms with E-state index in [2.05, 4.69) is 17.1 Å². The van der Waals surface area contributed by atoms with Crippen molar-refractivity contribution < 1.29 is 14.0 Å². The predicted octanol–water partition coefficient (Wildman–Crippen LogP) is 4.55. The second kappa shape index (κ2) is 8.86. The van der Waals surface area contributed by atoms with Crippen molar-refractivity contribution >= 4 is 23.2 Å². The zero-order valence-electron chi connectivity index (χ0n) is 17.4. The monoisotopic (exact) mass is 409 g/mol. The summed E-state index contributed by atoms with van der Waals surface area (Å²) < 4.78 is 13.1. The summed E-state index contributed by atoms with van der Waals surface area (Å²) in [5.74, 6) is 0.0200. The summed E-state index contributed by atoms with van der Waals surface area (Å²) in [6.45, 7) is 5.69. The van der Waals surface area contributed by atoms with E-state index < -0.39 is 0 Å². The average Bonchev–Trinajstić information content (AvgIpc) is 3.29. The summed E-state index contributed by atoms with van der Waals surface area (Å²) >= 11 is 0. The van der Waals surface area contributed by atoms with Gasteiger partial charge in [0.05, 0.1) is 5.56 Å². The number of nitrogens with zero attached hydrogens (tertiary/aromatic N) is 2. The highest BCUT2D eigenvalue weighted by atomic mass is 19.1. The molecular weight excluding hydrogens is 381 g/mol. The summed E-state index contributed by atoms with van der Waals surface area (Å²) in [6, 6.07) is 11.0. The fourth-order valence-corrected chi connectivity index (χ4v) is 4.21. The Morgan fingerprint density at radius 2 is 1.63 bits per heavy atom. The lowest BCUT2D eigenvalue weighted by Crippen LogP contribution is -2.35. The van der Waals surface area contributed by atoms with E-state index in [1.165, 1.54) is 24.3 Å². The number of likely N-dealkylation sites (tertiary alicyclic amines) is 1. The molecule has 0 aliphatic carbocycles. The van der Waals surface area contributed by atoms with Crippen LogP contribution in [-0.2, 0) is 0 Å². The topological polar surface area (TPSA) is 52.7 Å². The van der Waals surface area contributed by atoms with Crippen molar-refractivity contribution in [1.29, 1.82) is 0 Å². The lowest BCUT2D eigenvalue weighted by atomic mass is 9.97. The molecule has 2 aliphatic rings. The van der Waals surface area contributed by atoms with Gasteiger partial charge in [-0.1, -0.05) is 6.92 Å². The van der Waals surface area contributed by atoms with Gasteiger partial charge in [-0.2, -0.15) is 0 Å². The molecule has 5 nitrogen and oxygen atoms in total. The largest absolute Gasteiger partial charge is 0.371 e. The Labute approximate surface area is 176 Å². The van der Waals surface area contributed by atoms with Crippen molar-refractivity contribution in [1.82, 2.24) is 4.90 Å². The molecule has 0 spiro atoms. The molecule has 0 radical (unpaired) electrons. The first-order chi connectivity index (χ1) is 14.5. The second-order valence-corrected chi connectivity index (χ2v) is 8.36. The summed E-state index contributed by atoms with van der Waals surface area (Å²) in [7, 11) is 0. The van der Waals surface area contributed by atoms with E-state index in [1.54, 1.807) is 6.07 Å². The average molecular weight is 410 g/mol. The van der Waals surface area contributed by atoms with Gasteiger partial charge in [-0.05, 0) is 74.1 Å². The number of piperidine rings is 1. The zero-order chi connectivity index (χ0) is 21.1. The Kier molecular flexibility index (Phi) is 6.02. The van der Waals surface area contributed by atoms with Gasteiger partial charge in [-0.15, -0.1) is 0 Å². The number of rotatable bonds is 4. The van der Waals surface area contributed by atoms with Crippen LogP contribution in [0.3, 0.4) is 0 Å². The first-order valence-electron chi connectivity index (χ1n) is 10.8. The Bertz CT molecular complexity index is 915. The SMILES string of the molecule is CC1CCN(c2ccc(NC(=O)c3ccc(F)cc3)cc2C(=O)N2CCCC2)CC1. The molecule has 0 atom stereocenters. The number of benzene rings is 2. The smallest absolute Gasteiger partial charge is 0.256 e. The van der Waals surface area contributed by atoms with Crippen LogP contribution in [0.5, 0.6) is 0 Å². The Morgan fingerprint density at radius 1 is 0.967 bits per heavy atom. The van der Waals surface area contributed by atoms with Crippen molar-refractivity contribution in [2.45, 2.75) is 32.6 Å². The van der Waals surface area contributed by atoms with Gasteiger partial charge in [-0.3, -0.25) is 9.59 Å². The molecule has 0 aromatic heterocycles. The molecule has 2 heterocycles. The molecule has 2 amide bonds. The highest BCUT2D eigenvalue weighted by Gasteiger charge is 2.26. The zero-order valence-corrected chi connectivity index (χ0v) is 17.4. The van der Waals surface area contributed by atoms with Gasteiger partial charge in [0.25, 0.3) is 11.8 Å². The van der Waals surface area contributed by atoms with Crippen LogP contribution in [0.4, 0.5) is 15.8 Å². The maximum absolute atomic E-state index is 13.3. The van der Waals surface area contributed by atoms with E-state index in [-0.39, 0.29) is 17.6 Å². The standard InChI is InChI=1S/C24H28FN3O2/c1-17-10-14-27(15-11-17)22-9-8-20(16-21(22)24(30)28-12-2-3-13-28)26-23(29)18-4-6-19(25)7-5-18/h4-9,16-17H,2-3,10-15H2,1H3,(H,26,29). The number of nitrogens with one attached hydrogen (secondary N) is 1. The van der Waals surface area contributed by atoms with Crippen LogP contribution < -0.4 is 10.2 Å². The van der Waals surface area contributed by atoms with Crippen LogP contribution >= 0.6 is 0 Å². The second-order valence-electron chi connectivity index (χ2n) is 8.36. The number of carbonyl (C=O) groups is 2. The van der Waals surface area contributed by atoms with E-state index in [1.807, 2.05) is 17.0 Å². The minimum Gasteiger partial charge on any atom is -0.371 e. The molecule has 2 aliphatic heterocycles. The summed E-state index contributed by atoms with van der Waals surface area (Å²) in [5, 5.41) is 2.85. The van der Waals surface area contributed by atoms with E-state index in [4.69, 9.17) is 0 Å². The quantitative estimate of drug-likeness (QED) is 0.806. The van der Waals surface area contributed by atoms with Crippen molar-refractivity contribution in [2.75, 3.05) is 36.4 Å². The Balaban J connectivity index is 1.60. The fourth-order valence-electron chi connectivity index (χ4n) is 4.21. The van der Waals surface area contributed by atoms with Gasteiger partial charge in [0.15, 0.2) is 0 Å². The molecule has 0 unspecified atom stereocenters. The van der Waals surface area contributed by atoms with Crippen LogP contribution in [0.2, 0.25) is 0 Å². The number of halogens is 1. The van der Waals surface area contributed by atoms with Crippen LogP contribution in [0.1, 0.15) is 53.3 Å². The highest BCUT2D eigenvalue weighted by Crippen LogP contribution is 2.30. The molecule has 2 fully saturated rings. The molecule has 2 aromatic carbocycles. The van der Waals surface area contributed by atoms with Crippen molar-refractivity contribution in [3.63, 3.8) is 0 Å². The fraction of sp³-hybridized carbons (Fsp3) is 0.417. The maximum atomic E-state index is 13.3. The third-order valence-corrected chi connectivity index (χ3v) is 6.11. The van der Waals surface area contributed by atoms with Crippen LogP contribution in [0.15, 0.2) is 42.5 Å². The molecule has 6 heteroatoms. The number of anilines is 2. The summed E-state index contributed by atoms with van der Waals surface area (Å²) in [4.78, 5) is 30.0. The number of carbonyl (C=O) groups excluding carboxylic acids is 2. The third-order valence-electron chi connectivity index (χ3n) is 6.11. The molecule has 158 valence electrons. The van der Waals surface area contributed by atoms with Gasteiger partial charge in [0, 0.05) is 43.1 Å². The highest BCUT2D eigenvalue weighted by molar-refractivity contribution is 6.06. The van der Waals surface area contributed by atoms with Crippen molar-refractivity contribution in [3.8, 4) is 0 Å². The first kappa shape index (κ1) is 20.4. The van der Waals surface area contributed by atoms with Gasteiger partial charge in [0.1, 0.15) is 5.82 Å². The third kappa shape index (κ3) is 4.48. The minimum atomic E-state index is -0.384. The molecule has 0 bridgehead atoms. The van der Waals surface area contributed by atoms with Gasteiger partial charge >= 0.3 is 0 Å². The van der Waals surface area contributed by atoms with E-state index in [9.17, 15) is 14.0 Å². The van der Waals surface area contributed by atoms with E-state index in [0.29, 0.717) is 22.7 Å². The van der Waals surface area contributed by atoms with Gasteiger partial charge in [-0.25, -0.2) is 4.39 Å². The molecule has 2 aromatic rings. The molecular formula is C24H28FN3O2. The lowest BCUT2D eigenvalue weighted by Gasteiger charge is -2.34. The number of hydrogen-bond acceptors (Lipinski definition) is 3. The maximum Gasteiger partial charge on any atom is 0.256 e. The molecule has 1 N–H and O–H groups in total. The lowest BCUT2D eigenvalue weighted by molar-refractivity contribution is 0.0793. The van der Waals surface area contributed by atoms with Crippen LogP contribution in [-0.4, -0.2) is 42.9 Å². The minimum absolute atomic E-state index is 0.0269. The molecule has 2 saturated heterocycles. The van der Waals surface area contributed by atoms with Gasteiger partial charge in [0.2, 0.25) is 0 Å². The Morgan fingerprint density at radius 3 is 2.30 bits per heavy atom. The molecule has 30 heavy (non-hydrogen) atoms. The Hall–Kier alpha value is -2.89. The molecule has 0 saturated carbocycles. The normalized spacial score (nSPS) is 17.3. The van der Waals surface area contributed by atoms with E-state index >= 15 is 0 Å². The summed E-state index contributed by atoms with van der Waals surface area (Å²) in [6.07, 6.45) is 4.29. The summed E-state index contributed by atoms with van der Waals surface area (Å²) in [5.41, 5.74) is 2.53. The van der Waals surface area contributed by atoms with Crippen LogP contribution in [0.25, 0.3) is 0 Å². The van der Waals surface area contributed by atoms with Crippen molar-refractivity contribution in [3.05, 3.63) is 59.4 Å². The van der Waals surface area contributed by atoms with E-state index in [0.717, 1.165) is 57.5 Å². The first-order valence-corrected chi connectivity index (χ1v) is 10.8. The van der Waals surface area contributed by atoms with Crippen LogP contribution in [0, 0.1) is 11.7 Å². The molecule has 4 rings (SSSR count).